The van der Waals surface area contributed by atoms with Gasteiger partial charge in [-0.05, 0) is 127 Å². The molecular formula is C36H57NO5S. The smallest absolute Gasteiger partial charge is 0.264 e. The number of aliphatic hydroxyl groups excluding tert-OH is 2. The molecule has 11 atom stereocenters. The molecule has 242 valence electrons. The van der Waals surface area contributed by atoms with Crippen molar-refractivity contribution in [3.63, 3.8) is 0 Å². The van der Waals surface area contributed by atoms with E-state index in [1.165, 1.54) is 0 Å². The van der Waals surface area contributed by atoms with Crippen LogP contribution in [0.25, 0.3) is 0 Å². The van der Waals surface area contributed by atoms with E-state index in [-0.39, 0.29) is 45.7 Å². The van der Waals surface area contributed by atoms with Gasteiger partial charge in [0.1, 0.15) is 0 Å². The number of carbonyl (C=O) groups excluding carboxylic acids is 1. The van der Waals surface area contributed by atoms with Crippen LogP contribution in [0.4, 0.5) is 0 Å². The highest BCUT2D eigenvalue weighted by Gasteiger charge is 2.64. The van der Waals surface area contributed by atoms with E-state index in [1.807, 2.05) is 12.1 Å². The molecule has 0 radical (unpaired) electrons. The lowest BCUT2D eigenvalue weighted by atomic mass is 9.41. The Balaban J connectivity index is 1.24. The Morgan fingerprint density at radius 2 is 1.60 bits per heavy atom. The number of benzene rings is 1. The maximum Gasteiger partial charge on any atom is 0.264 e. The van der Waals surface area contributed by atoms with Crippen molar-refractivity contribution in [3.05, 3.63) is 29.8 Å². The van der Waals surface area contributed by atoms with Crippen LogP contribution in [-0.4, -0.2) is 36.7 Å². The predicted octanol–water partition coefficient (Wildman–Crippen LogP) is 6.83. The monoisotopic (exact) mass is 615 g/mol. The number of carbonyl (C=O) groups is 1. The van der Waals surface area contributed by atoms with Crippen molar-refractivity contribution in [2.75, 3.05) is 0 Å². The molecule has 3 N–H and O–H groups in total. The molecule has 0 bridgehead atoms. The van der Waals surface area contributed by atoms with Crippen LogP contribution in [0.1, 0.15) is 118 Å². The second-order valence-electron chi connectivity index (χ2n) is 16.4. The summed E-state index contributed by atoms with van der Waals surface area (Å²) in [6.45, 7) is 15.6. The third-order valence-corrected chi connectivity index (χ3v) is 14.6. The molecule has 1 amide bonds. The Hall–Kier alpha value is -1.44. The molecule has 0 aliphatic heterocycles. The van der Waals surface area contributed by atoms with E-state index >= 15 is 0 Å². The lowest BCUT2D eigenvalue weighted by Crippen LogP contribution is -2.62. The number of amides is 1. The maximum atomic E-state index is 12.9. The molecule has 43 heavy (non-hydrogen) atoms. The van der Waals surface area contributed by atoms with Gasteiger partial charge < -0.3 is 10.2 Å². The molecule has 4 saturated carbocycles. The van der Waals surface area contributed by atoms with Crippen molar-refractivity contribution in [2.24, 2.45) is 52.3 Å². The summed E-state index contributed by atoms with van der Waals surface area (Å²) in [5, 5.41) is 22.5. The van der Waals surface area contributed by atoms with E-state index in [0.29, 0.717) is 41.9 Å². The van der Waals surface area contributed by atoms with Crippen molar-refractivity contribution < 1.29 is 23.4 Å². The summed E-state index contributed by atoms with van der Waals surface area (Å²) in [5.41, 5.74) is 1.27. The van der Waals surface area contributed by atoms with Gasteiger partial charge in [0.2, 0.25) is 5.91 Å². The van der Waals surface area contributed by atoms with Crippen molar-refractivity contribution in [3.8, 4) is 0 Å². The van der Waals surface area contributed by atoms with Gasteiger partial charge in [-0.2, -0.15) is 0 Å². The number of sulfonamides is 1. The first kappa shape index (κ1) is 32.9. The van der Waals surface area contributed by atoms with Crippen LogP contribution in [0.15, 0.2) is 29.2 Å². The fraction of sp³-hybridized carbons (Fsp3) is 0.806. The number of hydrogen-bond donors (Lipinski definition) is 3. The molecule has 0 aromatic heterocycles. The fourth-order valence-electron chi connectivity index (χ4n) is 10.9. The summed E-state index contributed by atoms with van der Waals surface area (Å²) in [5.74, 6) is 2.22. The molecule has 4 unspecified atom stereocenters. The molecule has 1 aromatic rings. The zero-order valence-electron chi connectivity index (χ0n) is 27.6. The molecule has 5 rings (SSSR count). The Labute approximate surface area is 260 Å². The average molecular weight is 616 g/mol. The summed E-state index contributed by atoms with van der Waals surface area (Å²) < 4.78 is 28.2. The van der Waals surface area contributed by atoms with Gasteiger partial charge in [-0.25, -0.2) is 13.1 Å². The largest absolute Gasteiger partial charge is 0.393 e. The third kappa shape index (κ3) is 5.85. The molecule has 6 nitrogen and oxygen atoms in total. The van der Waals surface area contributed by atoms with Crippen molar-refractivity contribution >= 4 is 15.9 Å². The zero-order valence-corrected chi connectivity index (χ0v) is 28.4. The third-order valence-electron chi connectivity index (χ3n) is 13.3. The summed E-state index contributed by atoms with van der Waals surface area (Å²) >= 11 is 0. The fourth-order valence-corrected chi connectivity index (χ4v) is 11.9. The SMILES string of the molecule is CC[C@@H]1C2C[C@H](O)CCC2(C)[C@H]2CCC3(C)C([C@H](C)CCC(=O)NS(=O)(=O)c4ccc(C(C)(C)C)cc4)CC[C@H]3[C@@H]2[C@@H]1O. The average Bonchev–Trinajstić information content (AvgIpc) is 3.29. The number of aliphatic hydroxyl groups is 2. The van der Waals surface area contributed by atoms with E-state index in [1.54, 1.807) is 12.1 Å². The van der Waals surface area contributed by atoms with E-state index in [4.69, 9.17) is 0 Å². The molecule has 0 heterocycles. The number of rotatable bonds is 7. The maximum absolute atomic E-state index is 12.9. The second kappa shape index (κ2) is 11.7. The summed E-state index contributed by atoms with van der Waals surface area (Å²) in [4.78, 5) is 13.0. The number of nitrogens with one attached hydrogen (secondary N) is 1. The highest BCUT2D eigenvalue weighted by Crippen LogP contribution is 2.69. The first-order valence-electron chi connectivity index (χ1n) is 17.0. The van der Waals surface area contributed by atoms with Gasteiger partial charge in [-0.1, -0.05) is 67.0 Å². The van der Waals surface area contributed by atoms with Gasteiger partial charge in [0, 0.05) is 6.42 Å². The van der Waals surface area contributed by atoms with Gasteiger partial charge >= 0.3 is 0 Å². The topological polar surface area (TPSA) is 104 Å². The van der Waals surface area contributed by atoms with Crippen LogP contribution in [0.5, 0.6) is 0 Å². The normalized spacial score (nSPS) is 40.2. The lowest BCUT2D eigenvalue weighted by molar-refractivity contribution is -0.203. The summed E-state index contributed by atoms with van der Waals surface area (Å²) in [6.07, 6.45) is 8.52. The van der Waals surface area contributed by atoms with Crippen LogP contribution < -0.4 is 4.72 Å². The molecular weight excluding hydrogens is 558 g/mol. The van der Waals surface area contributed by atoms with Crippen molar-refractivity contribution in [1.29, 1.82) is 0 Å². The van der Waals surface area contributed by atoms with Crippen LogP contribution in [0, 0.1) is 52.3 Å². The van der Waals surface area contributed by atoms with Crippen molar-refractivity contribution in [2.45, 2.75) is 135 Å². The number of hydrogen-bond acceptors (Lipinski definition) is 5. The molecule has 1 aromatic carbocycles. The van der Waals surface area contributed by atoms with Crippen LogP contribution in [0.3, 0.4) is 0 Å². The highest BCUT2D eigenvalue weighted by molar-refractivity contribution is 7.90. The van der Waals surface area contributed by atoms with E-state index in [0.717, 1.165) is 56.9 Å². The van der Waals surface area contributed by atoms with Gasteiger partial charge in [-0.3, -0.25) is 4.79 Å². The van der Waals surface area contributed by atoms with Gasteiger partial charge in [0.25, 0.3) is 10.0 Å². The highest BCUT2D eigenvalue weighted by atomic mass is 32.2. The Kier molecular flexibility index (Phi) is 8.99. The first-order chi connectivity index (χ1) is 20.0. The lowest BCUT2D eigenvalue weighted by Gasteiger charge is -2.64. The molecule has 0 saturated heterocycles. The molecule has 4 aliphatic carbocycles. The standard InChI is InChI=1S/C36H57NO5S/c1-8-26-30-21-24(38)17-19-36(30,7)29-18-20-35(6)27(14-15-28(35)32(29)33(26)40)22(2)9-16-31(39)37-43(41,42)25-12-10-23(11-13-25)34(3,4)5/h10-13,22,24,26-30,32-33,38,40H,8-9,14-21H2,1-7H3,(H,37,39)/t22-,24-,26-,27?,28+,29+,30?,32+,33-,35?,36?/m1/s1. The Morgan fingerprint density at radius 1 is 0.977 bits per heavy atom. The minimum atomic E-state index is -3.91. The van der Waals surface area contributed by atoms with Crippen LogP contribution in [0.2, 0.25) is 0 Å². The van der Waals surface area contributed by atoms with E-state index in [9.17, 15) is 23.4 Å². The summed E-state index contributed by atoms with van der Waals surface area (Å²) in [7, 11) is -3.91. The molecule has 4 aliphatic rings. The van der Waals surface area contributed by atoms with Crippen LogP contribution in [-0.2, 0) is 20.2 Å². The van der Waals surface area contributed by atoms with Gasteiger partial charge in [-0.15, -0.1) is 0 Å². The van der Waals surface area contributed by atoms with E-state index in [2.05, 4.69) is 53.2 Å². The first-order valence-corrected chi connectivity index (χ1v) is 18.5. The predicted molar refractivity (Wildman–Crippen MR) is 171 cm³/mol. The molecule has 7 heteroatoms. The van der Waals surface area contributed by atoms with Crippen molar-refractivity contribution in [1.82, 2.24) is 4.72 Å². The quantitative estimate of drug-likeness (QED) is 0.312. The molecule has 4 fully saturated rings. The van der Waals surface area contributed by atoms with Gasteiger partial charge in [0.05, 0.1) is 17.1 Å². The zero-order chi connectivity index (χ0) is 31.5. The molecule has 0 spiro atoms. The Bertz CT molecular complexity index is 1270. The second-order valence-corrected chi connectivity index (χ2v) is 18.1. The number of fused-ring (bicyclic) bond motifs is 5. The minimum absolute atomic E-state index is 0.0800. The van der Waals surface area contributed by atoms with Gasteiger partial charge in [0.15, 0.2) is 0 Å². The Morgan fingerprint density at radius 3 is 2.23 bits per heavy atom. The minimum Gasteiger partial charge on any atom is -0.393 e. The summed E-state index contributed by atoms with van der Waals surface area (Å²) in [6, 6.07) is 6.79. The van der Waals surface area contributed by atoms with Crippen LogP contribution >= 0.6 is 0 Å². The van der Waals surface area contributed by atoms with E-state index < -0.39 is 15.9 Å².